The molecule has 23 heavy (non-hydrogen) atoms. The summed E-state index contributed by atoms with van der Waals surface area (Å²) in [5.41, 5.74) is 7.44. The summed E-state index contributed by atoms with van der Waals surface area (Å²) < 4.78 is 28.8. The summed E-state index contributed by atoms with van der Waals surface area (Å²) in [6.07, 6.45) is 2.05. The third-order valence-electron chi connectivity index (χ3n) is 4.90. The van der Waals surface area contributed by atoms with E-state index in [2.05, 4.69) is 6.92 Å². The molecule has 2 aliphatic heterocycles. The zero-order valence-corrected chi connectivity index (χ0v) is 14.1. The first-order valence-electron chi connectivity index (χ1n) is 8.02. The Morgan fingerprint density at radius 1 is 1.17 bits per heavy atom. The van der Waals surface area contributed by atoms with Crippen LogP contribution in [-0.2, 0) is 28.0 Å². The minimum absolute atomic E-state index is 0.207. The Hall–Kier alpha value is -1.44. The Morgan fingerprint density at radius 3 is 2.39 bits per heavy atom. The van der Waals surface area contributed by atoms with Gasteiger partial charge < -0.3 is 5.73 Å². The van der Waals surface area contributed by atoms with E-state index in [-0.39, 0.29) is 6.54 Å². The number of benzene rings is 1. The third-order valence-corrected chi connectivity index (χ3v) is 6.89. The number of amides is 1. The molecule has 0 spiro atoms. The summed E-state index contributed by atoms with van der Waals surface area (Å²) >= 11 is 0. The average Bonchev–Trinajstić information content (AvgIpc) is 2.54. The van der Waals surface area contributed by atoms with Gasteiger partial charge in [-0.3, -0.25) is 4.79 Å². The predicted octanol–water partition coefficient (Wildman–Crippen LogP) is 0.875. The van der Waals surface area contributed by atoms with Gasteiger partial charge in [-0.2, -0.15) is 17.0 Å². The minimum Gasteiger partial charge on any atom is -0.368 e. The Labute approximate surface area is 137 Å². The smallest absolute Gasteiger partial charge is 0.283 e. The Kier molecular flexibility index (Phi) is 4.44. The lowest BCUT2D eigenvalue weighted by molar-refractivity contribution is -0.122. The fourth-order valence-corrected chi connectivity index (χ4v) is 5.12. The van der Waals surface area contributed by atoms with Gasteiger partial charge >= 0.3 is 0 Å². The number of fused-ring (bicyclic) bond motifs is 1. The zero-order chi connectivity index (χ0) is 16.6. The summed E-state index contributed by atoms with van der Waals surface area (Å²) in [5.74, 6) is -0.0519. The van der Waals surface area contributed by atoms with E-state index in [1.165, 1.54) is 8.61 Å². The maximum atomic E-state index is 13.0. The van der Waals surface area contributed by atoms with Crippen molar-refractivity contribution < 1.29 is 13.2 Å². The van der Waals surface area contributed by atoms with Gasteiger partial charge in [0.05, 0.1) is 0 Å². The van der Waals surface area contributed by atoms with Crippen molar-refractivity contribution in [2.24, 2.45) is 11.7 Å². The summed E-state index contributed by atoms with van der Waals surface area (Å²) in [7, 11) is -3.68. The van der Waals surface area contributed by atoms with Crippen LogP contribution in [0.1, 0.15) is 30.9 Å². The molecule has 2 heterocycles. The van der Waals surface area contributed by atoms with Gasteiger partial charge in [-0.05, 0) is 36.3 Å². The zero-order valence-electron chi connectivity index (χ0n) is 13.3. The van der Waals surface area contributed by atoms with Crippen LogP contribution < -0.4 is 5.73 Å². The second kappa shape index (κ2) is 6.22. The number of carbonyl (C=O) groups excluding carboxylic acids is 1. The van der Waals surface area contributed by atoms with E-state index in [0.717, 1.165) is 24.0 Å². The number of nitrogens with zero attached hydrogens (tertiary/aromatic N) is 2. The largest absolute Gasteiger partial charge is 0.368 e. The Morgan fingerprint density at radius 2 is 1.78 bits per heavy atom. The van der Waals surface area contributed by atoms with Crippen molar-refractivity contribution in [3.05, 3.63) is 35.4 Å². The van der Waals surface area contributed by atoms with Gasteiger partial charge in [0.2, 0.25) is 5.91 Å². The number of rotatable bonds is 3. The molecule has 3 rings (SSSR count). The van der Waals surface area contributed by atoms with Crippen molar-refractivity contribution in [2.45, 2.75) is 38.8 Å². The monoisotopic (exact) mass is 337 g/mol. The lowest BCUT2D eigenvalue weighted by Gasteiger charge is -2.39. The van der Waals surface area contributed by atoms with E-state index >= 15 is 0 Å². The third kappa shape index (κ3) is 3.13. The van der Waals surface area contributed by atoms with E-state index in [0.29, 0.717) is 25.4 Å². The van der Waals surface area contributed by atoms with Crippen LogP contribution in [0.2, 0.25) is 0 Å². The van der Waals surface area contributed by atoms with Crippen LogP contribution in [-0.4, -0.2) is 42.1 Å². The van der Waals surface area contributed by atoms with Gasteiger partial charge in [0, 0.05) is 19.6 Å². The average molecular weight is 337 g/mol. The number of hydrogen-bond acceptors (Lipinski definition) is 3. The number of primary amides is 1. The van der Waals surface area contributed by atoms with Gasteiger partial charge in [-0.1, -0.05) is 31.2 Å². The maximum Gasteiger partial charge on any atom is 0.283 e. The molecule has 0 unspecified atom stereocenters. The highest BCUT2D eigenvalue weighted by molar-refractivity contribution is 7.86. The quantitative estimate of drug-likeness (QED) is 0.888. The summed E-state index contributed by atoms with van der Waals surface area (Å²) in [4.78, 5) is 11.9. The van der Waals surface area contributed by atoms with Crippen molar-refractivity contribution >= 4 is 16.1 Å². The fourth-order valence-electron chi connectivity index (χ4n) is 3.35. The van der Waals surface area contributed by atoms with Gasteiger partial charge in [-0.15, -0.1) is 0 Å². The molecule has 1 aromatic rings. The van der Waals surface area contributed by atoms with Crippen molar-refractivity contribution in [3.8, 4) is 0 Å². The molecule has 1 aromatic carbocycles. The van der Waals surface area contributed by atoms with Crippen LogP contribution >= 0.6 is 0 Å². The van der Waals surface area contributed by atoms with Gasteiger partial charge in [-0.25, -0.2) is 0 Å². The highest BCUT2D eigenvalue weighted by Crippen LogP contribution is 2.29. The van der Waals surface area contributed by atoms with Crippen LogP contribution in [0, 0.1) is 5.92 Å². The minimum atomic E-state index is -3.68. The molecule has 2 N–H and O–H groups in total. The molecule has 7 heteroatoms. The van der Waals surface area contributed by atoms with Gasteiger partial charge in [0.15, 0.2) is 0 Å². The highest BCUT2D eigenvalue weighted by atomic mass is 32.2. The topological polar surface area (TPSA) is 83.7 Å². The molecule has 0 bridgehead atoms. The lowest BCUT2D eigenvalue weighted by atomic mass is 9.96. The molecule has 126 valence electrons. The van der Waals surface area contributed by atoms with Crippen LogP contribution in [0.25, 0.3) is 0 Å². The molecule has 1 fully saturated rings. The molecule has 2 aliphatic rings. The second-order valence-electron chi connectivity index (χ2n) is 6.53. The molecule has 1 atom stereocenters. The number of nitrogens with two attached hydrogens (primary N) is 1. The van der Waals surface area contributed by atoms with Crippen molar-refractivity contribution in [1.29, 1.82) is 0 Å². The van der Waals surface area contributed by atoms with Crippen LogP contribution in [0.3, 0.4) is 0 Å². The highest BCUT2D eigenvalue weighted by Gasteiger charge is 2.41. The first-order chi connectivity index (χ1) is 10.9. The Balaban J connectivity index is 1.91. The first kappa shape index (κ1) is 16.4. The van der Waals surface area contributed by atoms with E-state index in [1.807, 2.05) is 24.3 Å². The first-order valence-corrected chi connectivity index (χ1v) is 9.42. The number of carbonyl (C=O) groups is 1. The van der Waals surface area contributed by atoms with E-state index in [1.54, 1.807) is 0 Å². The molecule has 0 aliphatic carbocycles. The molecule has 0 radical (unpaired) electrons. The second-order valence-corrected chi connectivity index (χ2v) is 8.41. The molecule has 1 saturated heterocycles. The van der Waals surface area contributed by atoms with Crippen LogP contribution in [0.4, 0.5) is 0 Å². The van der Waals surface area contributed by atoms with Crippen LogP contribution in [0.5, 0.6) is 0 Å². The van der Waals surface area contributed by atoms with E-state index in [9.17, 15) is 13.2 Å². The normalized spacial score (nSPS) is 24.3. The fraction of sp³-hybridized carbons (Fsp3) is 0.562. The molecular weight excluding hydrogens is 314 g/mol. The van der Waals surface area contributed by atoms with Gasteiger partial charge in [0.25, 0.3) is 10.2 Å². The molecular formula is C16H23N3O3S. The summed E-state index contributed by atoms with van der Waals surface area (Å²) in [5, 5.41) is 0. The summed E-state index contributed by atoms with van der Waals surface area (Å²) in [6.45, 7) is 3.35. The van der Waals surface area contributed by atoms with Crippen molar-refractivity contribution in [3.63, 3.8) is 0 Å². The lowest BCUT2D eigenvalue weighted by Crippen LogP contribution is -2.56. The van der Waals surface area contributed by atoms with Crippen molar-refractivity contribution in [1.82, 2.24) is 8.61 Å². The predicted molar refractivity (Wildman–Crippen MR) is 87.6 cm³/mol. The Bertz CT molecular complexity index is 696. The van der Waals surface area contributed by atoms with Gasteiger partial charge in [0.1, 0.15) is 6.04 Å². The van der Waals surface area contributed by atoms with E-state index in [4.69, 9.17) is 5.73 Å². The van der Waals surface area contributed by atoms with Crippen LogP contribution in [0.15, 0.2) is 24.3 Å². The number of hydrogen-bond donors (Lipinski definition) is 1. The molecule has 6 nitrogen and oxygen atoms in total. The number of piperidine rings is 1. The SMILES string of the molecule is CC1CCN(S(=O)(=O)N2Cc3ccccc3C[C@H]2C(N)=O)CC1. The molecule has 0 aromatic heterocycles. The molecule has 1 amide bonds. The van der Waals surface area contributed by atoms with E-state index < -0.39 is 22.2 Å². The van der Waals surface area contributed by atoms with Crippen molar-refractivity contribution in [2.75, 3.05) is 13.1 Å². The molecule has 0 saturated carbocycles. The standard InChI is InChI=1S/C16H23N3O3S/c1-12-6-8-18(9-7-12)23(21,22)19-11-14-5-3-2-4-13(14)10-15(19)16(17)20/h2-5,12,15H,6-11H2,1H3,(H2,17,20)/t15-/m0/s1. The maximum absolute atomic E-state index is 13.0. The summed E-state index contributed by atoms with van der Waals surface area (Å²) in [6, 6.07) is 6.81.